The van der Waals surface area contributed by atoms with Gasteiger partial charge in [-0.15, -0.1) is 11.3 Å². The van der Waals surface area contributed by atoms with Gasteiger partial charge in [-0.1, -0.05) is 26.8 Å². The Morgan fingerprint density at radius 1 is 1.26 bits per heavy atom. The molecule has 2 atom stereocenters. The Labute approximate surface area is 202 Å². The highest BCUT2D eigenvalue weighted by Crippen LogP contribution is 2.42. The summed E-state index contributed by atoms with van der Waals surface area (Å²) in [7, 11) is 2.88. The zero-order valence-electron chi connectivity index (χ0n) is 19.8. The fourth-order valence-electron chi connectivity index (χ4n) is 4.20. The standard InChI is InChI=1S/C24H28N4O5S/c1-23(2,3)17-8-7-16(13-18(17)31-4)20(29)28-21(19-25-10-12-34-19)33-15-24(28,22(30)32-5)14-27-11-6-9-26-27/h6-13,21H,14-15H2,1-5H3. The lowest BCUT2D eigenvalue weighted by atomic mass is 9.85. The van der Waals surface area contributed by atoms with Gasteiger partial charge in [0.1, 0.15) is 10.8 Å². The molecule has 4 rings (SSSR count). The van der Waals surface area contributed by atoms with E-state index < -0.39 is 23.6 Å². The molecule has 1 fully saturated rings. The van der Waals surface area contributed by atoms with E-state index in [1.54, 1.807) is 54.0 Å². The predicted octanol–water partition coefficient (Wildman–Crippen LogP) is 3.43. The van der Waals surface area contributed by atoms with Crippen LogP contribution < -0.4 is 4.74 Å². The largest absolute Gasteiger partial charge is 0.496 e. The summed E-state index contributed by atoms with van der Waals surface area (Å²) < 4.78 is 18.4. The normalized spacial score (nSPS) is 20.4. The number of thiazole rings is 1. The lowest BCUT2D eigenvalue weighted by Gasteiger charge is -2.36. The Morgan fingerprint density at radius 3 is 2.65 bits per heavy atom. The van der Waals surface area contributed by atoms with E-state index in [9.17, 15) is 9.59 Å². The Hall–Kier alpha value is -3.24. The molecule has 0 aliphatic carbocycles. The van der Waals surface area contributed by atoms with Crippen molar-refractivity contribution in [2.24, 2.45) is 0 Å². The highest BCUT2D eigenvalue weighted by Gasteiger charge is 2.58. The lowest BCUT2D eigenvalue weighted by Crippen LogP contribution is -2.58. The molecule has 3 aromatic rings. The molecule has 1 aliphatic heterocycles. The maximum Gasteiger partial charge on any atom is 0.336 e. The lowest BCUT2D eigenvalue weighted by molar-refractivity contribution is -0.153. The summed E-state index contributed by atoms with van der Waals surface area (Å²) >= 11 is 1.35. The van der Waals surface area contributed by atoms with Gasteiger partial charge >= 0.3 is 5.97 Å². The van der Waals surface area contributed by atoms with Crippen molar-refractivity contribution in [1.29, 1.82) is 0 Å². The van der Waals surface area contributed by atoms with Gasteiger partial charge in [0, 0.05) is 29.5 Å². The van der Waals surface area contributed by atoms with Gasteiger partial charge in [0.25, 0.3) is 5.91 Å². The van der Waals surface area contributed by atoms with Gasteiger partial charge in [0.05, 0.1) is 27.4 Å². The summed E-state index contributed by atoms with van der Waals surface area (Å²) in [4.78, 5) is 33.1. The number of methoxy groups -OCH3 is 2. The highest BCUT2D eigenvalue weighted by molar-refractivity contribution is 7.09. The van der Waals surface area contributed by atoms with Crippen LogP contribution in [0.1, 0.15) is 47.9 Å². The summed E-state index contributed by atoms with van der Waals surface area (Å²) in [5.41, 5.74) is -0.283. The minimum atomic E-state index is -1.44. The van der Waals surface area contributed by atoms with Crippen molar-refractivity contribution in [2.75, 3.05) is 20.8 Å². The summed E-state index contributed by atoms with van der Waals surface area (Å²) in [5, 5.41) is 6.61. The van der Waals surface area contributed by atoms with Crippen molar-refractivity contribution >= 4 is 23.2 Å². The minimum Gasteiger partial charge on any atom is -0.496 e. The van der Waals surface area contributed by atoms with E-state index in [0.29, 0.717) is 16.3 Å². The molecule has 0 saturated carbocycles. The average molecular weight is 485 g/mol. The molecule has 1 aromatic carbocycles. The SMILES string of the molecule is COC(=O)C1(Cn2cccn2)COC(c2nccs2)N1C(=O)c1ccc(C(C)(C)C)c(OC)c1. The number of nitrogens with zero attached hydrogens (tertiary/aromatic N) is 4. The molecule has 34 heavy (non-hydrogen) atoms. The van der Waals surface area contributed by atoms with Gasteiger partial charge in [-0.25, -0.2) is 9.78 Å². The van der Waals surface area contributed by atoms with Gasteiger partial charge < -0.3 is 14.2 Å². The molecule has 0 radical (unpaired) electrons. The number of esters is 1. The first-order valence-electron chi connectivity index (χ1n) is 10.8. The molecule has 2 aromatic heterocycles. The molecule has 0 N–H and O–H groups in total. The second kappa shape index (κ2) is 9.19. The molecule has 3 heterocycles. The van der Waals surface area contributed by atoms with Crippen LogP contribution in [0.5, 0.6) is 5.75 Å². The van der Waals surface area contributed by atoms with Crippen molar-refractivity contribution < 1.29 is 23.8 Å². The van der Waals surface area contributed by atoms with Crippen molar-refractivity contribution in [1.82, 2.24) is 19.7 Å². The van der Waals surface area contributed by atoms with E-state index in [2.05, 4.69) is 30.9 Å². The third-order valence-corrected chi connectivity index (χ3v) is 6.67. The number of rotatable bonds is 6. The van der Waals surface area contributed by atoms with Crippen molar-refractivity contribution in [3.63, 3.8) is 0 Å². The summed E-state index contributed by atoms with van der Waals surface area (Å²) in [6.07, 6.45) is 4.13. The molecule has 9 nitrogen and oxygen atoms in total. The Kier molecular flexibility index (Phi) is 6.46. The van der Waals surface area contributed by atoms with Crippen molar-refractivity contribution in [3.05, 3.63) is 64.4 Å². The number of ether oxygens (including phenoxy) is 3. The monoisotopic (exact) mass is 484 g/mol. The Bertz CT molecular complexity index is 1160. The molecule has 0 bridgehead atoms. The molecule has 180 valence electrons. The number of carbonyl (C=O) groups is 2. The third kappa shape index (κ3) is 4.19. The first-order valence-corrected chi connectivity index (χ1v) is 11.7. The van der Waals surface area contributed by atoms with Crippen LogP contribution in [0.25, 0.3) is 0 Å². The molecular weight excluding hydrogens is 456 g/mol. The first-order chi connectivity index (χ1) is 16.2. The van der Waals surface area contributed by atoms with Crippen LogP contribution >= 0.6 is 11.3 Å². The van der Waals surface area contributed by atoms with E-state index >= 15 is 0 Å². The van der Waals surface area contributed by atoms with Gasteiger partial charge in [-0.05, 0) is 29.2 Å². The summed E-state index contributed by atoms with van der Waals surface area (Å²) in [6, 6.07) is 7.09. The second-order valence-electron chi connectivity index (χ2n) is 9.10. The van der Waals surface area contributed by atoms with E-state index in [0.717, 1.165) is 5.56 Å². The number of benzene rings is 1. The van der Waals surface area contributed by atoms with Crippen LogP contribution in [-0.4, -0.2) is 57.9 Å². The molecule has 1 saturated heterocycles. The van der Waals surface area contributed by atoms with Gasteiger partial charge in [0.15, 0.2) is 11.8 Å². The highest BCUT2D eigenvalue weighted by atomic mass is 32.1. The molecule has 0 spiro atoms. The topological polar surface area (TPSA) is 95.8 Å². The van der Waals surface area contributed by atoms with Crippen LogP contribution in [0, 0.1) is 0 Å². The van der Waals surface area contributed by atoms with Crippen molar-refractivity contribution in [3.8, 4) is 5.75 Å². The van der Waals surface area contributed by atoms with E-state index in [1.807, 2.05) is 6.07 Å². The molecule has 2 unspecified atom stereocenters. The zero-order chi connectivity index (χ0) is 24.5. The number of hydrogen-bond donors (Lipinski definition) is 0. The van der Waals surface area contributed by atoms with E-state index in [4.69, 9.17) is 14.2 Å². The summed E-state index contributed by atoms with van der Waals surface area (Å²) in [6.45, 7) is 6.23. The molecule has 1 aliphatic rings. The number of hydrogen-bond acceptors (Lipinski definition) is 8. The van der Waals surface area contributed by atoms with Crippen LogP contribution in [0.2, 0.25) is 0 Å². The third-order valence-electron chi connectivity index (χ3n) is 5.86. The Balaban J connectivity index is 1.83. The smallest absolute Gasteiger partial charge is 0.336 e. The van der Waals surface area contributed by atoms with Crippen LogP contribution in [0.3, 0.4) is 0 Å². The molecule has 10 heteroatoms. The quantitative estimate of drug-likeness (QED) is 0.495. The van der Waals surface area contributed by atoms with Crippen LogP contribution in [0.15, 0.2) is 48.2 Å². The molecule has 1 amide bonds. The number of carbonyl (C=O) groups excluding carboxylic acids is 2. The van der Waals surface area contributed by atoms with E-state index in [-0.39, 0.29) is 18.6 Å². The Morgan fingerprint density at radius 2 is 2.06 bits per heavy atom. The van der Waals surface area contributed by atoms with Gasteiger partial charge in [-0.3, -0.25) is 14.4 Å². The van der Waals surface area contributed by atoms with Crippen LogP contribution in [0.4, 0.5) is 0 Å². The van der Waals surface area contributed by atoms with Crippen LogP contribution in [-0.2, 0) is 26.2 Å². The van der Waals surface area contributed by atoms with Gasteiger partial charge in [-0.2, -0.15) is 5.10 Å². The summed E-state index contributed by atoms with van der Waals surface area (Å²) in [5.74, 6) is -0.386. The average Bonchev–Trinajstić information content (AvgIpc) is 3.58. The zero-order valence-corrected chi connectivity index (χ0v) is 20.7. The predicted molar refractivity (Wildman–Crippen MR) is 126 cm³/mol. The minimum absolute atomic E-state index is 0.0628. The maximum atomic E-state index is 14.1. The first kappa shape index (κ1) is 23.9. The maximum absolute atomic E-state index is 14.1. The van der Waals surface area contributed by atoms with Gasteiger partial charge in [0.2, 0.25) is 0 Å². The van der Waals surface area contributed by atoms with E-state index in [1.165, 1.54) is 23.3 Å². The fourth-order valence-corrected chi connectivity index (χ4v) is 4.88. The molecular formula is C24H28N4O5S. The van der Waals surface area contributed by atoms with Crippen molar-refractivity contribution in [2.45, 2.75) is 44.5 Å². The number of aromatic nitrogens is 3. The second-order valence-corrected chi connectivity index (χ2v) is 10.0. The number of amides is 1. The fraction of sp³-hybridized carbons (Fsp3) is 0.417.